The molecule has 0 radical (unpaired) electrons. The molecule has 1 aliphatic rings. The molecule has 3 rings (SSSR count). The lowest BCUT2D eigenvalue weighted by atomic mass is 10.0. The van der Waals surface area contributed by atoms with Crippen molar-refractivity contribution in [2.75, 3.05) is 14.2 Å². The quantitative estimate of drug-likeness (QED) is 0.594. The highest BCUT2D eigenvalue weighted by molar-refractivity contribution is 6.15. The summed E-state index contributed by atoms with van der Waals surface area (Å²) in [6.07, 6.45) is 0.881. The highest BCUT2D eigenvalue weighted by Crippen LogP contribution is 2.38. The van der Waals surface area contributed by atoms with Crippen LogP contribution >= 0.6 is 0 Å². The summed E-state index contributed by atoms with van der Waals surface area (Å²) in [5.41, 5.74) is 1.92. The number of carbonyl (C=O) groups excluding carboxylic acids is 2. The molecule has 140 valence electrons. The van der Waals surface area contributed by atoms with Crippen LogP contribution in [0.5, 0.6) is 17.2 Å². The van der Waals surface area contributed by atoms with Crippen molar-refractivity contribution in [2.45, 2.75) is 20.0 Å². The molecule has 0 aromatic heterocycles. The summed E-state index contributed by atoms with van der Waals surface area (Å²) in [5, 5.41) is 0. The molecule has 1 unspecified atom stereocenters. The largest absolute Gasteiger partial charge is 0.496 e. The Morgan fingerprint density at radius 2 is 1.93 bits per heavy atom. The van der Waals surface area contributed by atoms with Crippen LogP contribution in [0.2, 0.25) is 0 Å². The van der Waals surface area contributed by atoms with Crippen LogP contribution in [-0.2, 0) is 9.53 Å². The van der Waals surface area contributed by atoms with Gasteiger partial charge < -0.3 is 18.9 Å². The number of aryl methyl sites for hydroxylation is 1. The zero-order valence-electron chi connectivity index (χ0n) is 15.6. The van der Waals surface area contributed by atoms with Crippen LogP contribution < -0.4 is 14.2 Å². The summed E-state index contributed by atoms with van der Waals surface area (Å²) < 4.78 is 21.3. The molecular formula is C21H20O6. The molecule has 6 nitrogen and oxygen atoms in total. The maximum absolute atomic E-state index is 12.8. The first-order valence-corrected chi connectivity index (χ1v) is 8.41. The lowest BCUT2D eigenvalue weighted by Crippen LogP contribution is -2.24. The molecule has 0 spiro atoms. The first-order chi connectivity index (χ1) is 12.9. The number of esters is 1. The second kappa shape index (κ2) is 7.53. The minimum Gasteiger partial charge on any atom is -0.496 e. The van der Waals surface area contributed by atoms with Gasteiger partial charge in [-0.1, -0.05) is 18.2 Å². The number of benzene rings is 2. The molecule has 1 aliphatic heterocycles. The highest BCUT2D eigenvalue weighted by Gasteiger charge is 2.30. The number of hydrogen-bond acceptors (Lipinski definition) is 6. The van der Waals surface area contributed by atoms with E-state index < -0.39 is 12.1 Å². The van der Waals surface area contributed by atoms with Gasteiger partial charge in [-0.3, -0.25) is 4.79 Å². The number of allylic oxidation sites excluding steroid dienone is 1. The van der Waals surface area contributed by atoms with Gasteiger partial charge >= 0.3 is 5.97 Å². The van der Waals surface area contributed by atoms with E-state index in [1.807, 2.05) is 24.3 Å². The normalized spacial score (nSPS) is 15.1. The van der Waals surface area contributed by atoms with Crippen LogP contribution in [0.25, 0.3) is 6.08 Å². The molecule has 2 aromatic rings. The van der Waals surface area contributed by atoms with Gasteiger partial charge in [-0.25, -0.2) is 4.79 Å². The first-order valence-electron chi connectivity index (χ1n) is 8.41. The fourth-order valence-electron chi connectivity index (χ4n) is 2.89. The van der Waals surface area contributed by atoms with Crippen molar-refractivity contribution >= 4 is 17.8 Å². The molecule has 27 heavy (non-hydrogen) atoms. The average molecular weight is 368 g/mol. The predicted molar refractivity (Wildman–Crippen MR) is 99.2 cm³/mol. The molecule has 1 atom stereocenters. The summed E-state index contributed by atoms with van der Waals surface area (Å²) in [4.78, 5) is 24.3. The van der Waals surface area contributed by atoms with E-state index in [0.717, 1.165) is 5.56 Å². The third-order valence-corrected chi connectivity index (χ3v) is 4.22. The smallest absolute Gasteiger partial charge is 0.346 e. The van der Waals surface area contributed by atoms with Crippen molar-refractivity contribution in [2.24, 2.45) is 0 Å². The number of Topliss-reactive ketones (excluding diaryl/α,β-unsaturated/α-hetero) is 1. The van der Waals surface area contributed by atoms with Crippen LogP contribution in [0.3, 0.4) is 0 Å². The van der Waals surface area contributed by atoms with Crippen LogP contribution in [0.1, 0.15) is 28.4 Å². The fourth-order valence-corrected chi connectivity index (χ4v) is 2.89. The highest BCUT2D eigenvalue weighted by atomic mass is 16.6. The number of hydrogen-bond donors (Lipinski definition) is 0. The first kappa shape index (κ1) is 18.5. The molecule has 0 saturated heterocycles. The van der Waals surface area contributed by atoms with Gasteiger partial charge in [-0.05, 0) is 37.6 Å². The summed E-state index contributed by atoms with van der Waals surface area (Å²) in [6, 6.07) is 10.7. The third-order valence-electron chi connectivity index (χ3n) is 4.22. The Balaban J connectivity index is 1.92. The van der Waals surface area contributed by atoms with E-state index in [2.05, 4.69) is 4.74 Å². The topological polar surface area (TPSA) is 71.1 Å². The number of ether oxygens (including phenoxy) is 4. The average Bonchev–Trinajstić information content (AvgIpc) is 2.97. The Bertz CT molecular complexity index is 928. The van der Waals surface area contributed by atoms with Crippen molar-refractivity contribution in [3.8, 4) is 17.2 Å². The van der Waals surface area contributed by atoms with Crippen molar-refractivity contribution < 1.29 is 28.5 Å². The van der Waals surface area contributed by atoms with Gasteiger partial charge in [0.25, 0.3) is 0 Å². The number of fused-ring (bicyclic) bond motifs is 1. The van der Waals surface area contributed by atoms with Crippen LogP contribution in [-0.4, -0.2) is 32.1 Å². The molecule has 0 N–H and O–H groups in total. The summed E-state index contributed by atoms with van der Waals surface area (Å²) in [5.74, 6) is 0.979. The Hall–Kier alpha value is -3.28. The van der Waals surface area contributed by atoms with Gasteiger partial charge in [-0.15, -0.1) is 0 Å². The molecule has 0 aliphatic carbocycles. The second-order valence-electron chi connectivity index (χ2n) is 6.08. The monoisotopic (exact) mass is 368 g/mol. The number of ketones is 1. The van der Waals surface area contributed by atoms with Gasteiger partial charge in [0.2, 0.25) is 5.78 Å². The van der Waals surface area contributed by atoms with Gasteiger partial charge in [0.1, 0.15) is 17.2 Å². The van der Waals surface area contributed by atoms with E-state index in [1.165, 1.54) is 7.11 Å². The SMILES string of the molecule is COC(=O)C(C)Oc1cc(C)c2c(c1)O/C(=C\c1ccccc1OC)C2=O. The molecule has 0 saturated carbocycles. The van der Waals surface area contributed by atoms with Crippen LogP contribution in [0.4, 0.5) is 0 Å². The standard InChI is InChI=1S/C21H20O6/c1-12-9-15(26-13(2)21(23)25-4)11-17-19(12)20(22)18(27-17)10-14-7-5-6-8-16(14)24-3/h5-11,13H,1-4H3/b18-10-. The number of carbonyl (C=O) groups is 2. The Labute approximate surface area is 157 Å². The van der Waals surface area contributed by atoms with Gasteiger partial charge in [0.15, 0.2) is 11.9 Å². The lowest BCUT2D eigenvalue weighted by molar-refractivity contribution is -0.147. The van der Waals surface area contributed by atoms with E-state index in [4.69, 9.17) is 14.2 Å². The zero-order chi connectivity index (χ0) is 19.6. The summed E-state index contributed by atoms with van der Waals surface area (Å²) >= 11 is 0. The summed E-state index contributed by atoms with van der Waals surface area (Å²) in [6.45, 7) is 3.38. The Kier molecular flexibility index (Phi) is 5.16. The minimum atomic E-state index is -0.770. The number of para-hydroxylation sites is 1. The number of rotatable bonds is 5. The van der Waals surface area contributed by atoms with Gasteiger partial charge in [0, 0.05) is 11.6 Å². The number of methoxy groups -OCH3 is 2. The van der Waals surface area contributed by atoms with E-state index >= 15 is 0 Å². The summed E-state index contributed by atoms with van der Waals surface area (Å²) in [7, 11) is 2.87. The van der Waals surface area contributed by atoms with E-state index in [9.17, 15) is 9.59 Å². The third kappa shape index (κ3) is 3.65. The molecule has 1 heterocycles. The van der Waals surface area contributed by atoms with Crippen molar-refractivity contribution in [1.29, 1.82) is 0 Å². The van der Waals surface area contributed by atoms with E-state index in [1.54, 1.807) is 39.2 Å². The predicted octanol–water partition coefficient (Wildman–Crippen LogP) is 3.56. The van der Waals surface area contributed by atoms with Crippen molar-refractivity contribution in [3.05, 3.63) is 58.8 Å². The van der Waals surface area contributed by atoms with Crippen LogP contribution in [0, 0.1) is 6.92 Å². The van der Waals surface area contributed by atoms with Crippen molar-refractivity contribution in [1.82, 2.24) is 0 Å². The Morgan fingerprint density at radius 1 is 1.19 bits per heavy atom. The Morgan fingerprint density at radius 3 is 2.63 bits per heavy atom. The van der Waals surface area contributed by atoms with E-state index in [0.29, 0.717) is 28.4 Å². The molecule has 0 fully saturated rings. The molecule has 6 heteroatoms. The molecule has 0 amide bonds. The van der Waals surface area contributed by atoms with Crippen molar-refractivity contribution in [3.63, 3.8) is 0 Å². The molecule has 2 aromatic carbocycles. The van der Waals surface area contributed by atoms with Gasteiger partial charge in [-0.2, -0.15) is 0 Å². The zero-order valence-corrected chi connectivity index (χ0v) is 15.6. The second-order valence-corrected chi connectivity index (χ2v) is 6.08. The maximum atomic E-state index is 12.8. The molecule has 0 bridgehead atoms. The van der Waals surface area contributed by atoms with E-state index in [-0.39, 0.29) is 11.5 Å². The maximum Gasteiger partial charge on any atom is 0.346 e. The van der Waals surface area contributed by atoms with Gasteiger partial charge in [0.05, 0.1) is 19.8 Å². The lowest BCUT2D eigenvalue weighted by Gasteiger charge is -2.13. The van der Waals surface area contributed by atoms with Crippen LogP contribution in [0.15, 0.2) is 42.2 Å². The fraction of sp³-hybridized carbons (Fsp3) is 0.238. The molecular weight excluding hydrogens is 348 g/mol. The minimum absolute atomic E-state index is 0.204.